The van der Waals surface area contributed by atoms with Crippen LogP contribution in [0, 0.1) is 0 Å². The van der Waals surface area contributed by atoms with E-state index in [4.69, 9.17) is 0 Å². The number of nitrogens with zero attached hydrogens (tertiary/aromatic N) is 12. The molecule has 6 heterocycles. The molecule has 88 heavy (non-hydrogen) atoms. The first-order chi connectivity index (χ1) is 39.9. The molecule has 0 radical (unpaired) electrons. The monoisotopic (exact) mass is 1400 g/mol. The van der Waals surface area contributed by atoms with Crippen molar-refractivity contribution in [2.45, 2.75) is 52.4 Å². The average molecular weight is 1400 g/mol. The summed E-state index contributed by atoms with van der Waals surface area (Å²) in [5.41, 5.74) is 4.09. The van der Waals surface area contributed by atoms with Crippen LogP contribution in [0.2, 0.25) is 0 Å². The van der Waals surface area contributed by atoms with Crippen LogP contribution in [0.4, 0.5) is 69.1 Å². The van der Waals surface area contributed by atoms with Crippen molar-refractivity contribution in [3.63, 3.8) is 0 Å². The molecule has 20 nitrogen and oxygen atoms in total. The minimum absolute atomic E-state index is 0. The van der Waals surface area contributed by atoms with E-state index in [9.17, 15) is 88.2 Å². The Labute approximate surface area is 527 Å². The largest absolute Gasteiger partial charge is 4.00 e. The van der Waals surface area contributed by atoms with Gasteiger partial charge in [0.05, 0.1) is 49.0 Å². The van der Waals surface area contributed by atoms with Gasteiger partial charge in [-0.05, 0) is 48.5 Å². The Balaban J connectivity index is -0.000000237. The Morgan fingerprint density at radius 2 is 0.477 bits per heavy atom. The smallest absolute Gasteiger partial charge is 0.418 e. The number of hydrogen-bond acceptors (Lipinski definition) is 18. The fourth-order valence-electron chi connectivity index (χ4n) is 4.06. The number of rotatable bonds is 20. The fourth-order valence-corrected chi connectivity index (χ4v) is 5.63. The average Bonchev–Trinajstić information content (AvgIpc) is 4.31. The molecular formula is C44H64B4F16Fe2N16O4S2+4. The summed E-state index contributed by atoms with van der Waals surface area (Å²) in [6.07, 6.45) is 10.2. The zero-order valence-corrected chi connectivity index (χ0v) is 51.9. The van der Waals surface area contributed by atoms with E-state index in [1.54, 1.807) is 104 Å². The number of amides is 4. The molecule has 0 bridgehead atoms. The molecule has 44 heteroatoms. The number of aromatic nitrogens is 8. The third kappa shape index (κ3) is 86.1. The van der Waals surface area contributed by atoms with Crippen LogP contribution in [-0.2, 0) is 106 Å². The SMILES string of the molecule is CN(C)C=O.CN(C)C=O.CN(C)C=O.CN(C)C=O.F[B-](F)(F)F.F[B-](F)(F)F.F[B-](F)(F)F.F[B-](F)(F)F.[Fe+4].[Fe+4].c1ccc(CNCc2nnc(CNCc3ccccn3)s2)nc1.c1ccc(CNCc2nnc(CNCc3ccccn3)s2)nc1. The first-order valence-electron chi connectivity index (χ1n) is 23.9. The van der Waals surface area contributed by atoms with Crippen molar-refractivity contribution in [3.8, 4) is 0 Å². The van der Waals surface area contributed by atoms with E-state index in [-0.39, 0.29) is 34.1 Å². The molecule has 492 valence electrons. The zero-order valence-electron chi connectivity index (χ0n) is 48.1. The maximum atomic E-state index is 9.75. The van der Waals surface area contributed by atoms with Crippen LogP contribution in [0.3, 0.4) is 0 Å². The van der Waals surface area contributed by atoms with Crippen molar-refractivity contribution >= 4 is 77.3 Å². The Kier molecular flexibility index (Phi) is 58.9. The standard InChI is InChI=1S/2C16H18N6S.4C3H7NO.4BF4.2Fe/c2*1-3-7-19-13(5-1)9-17-11-15-21-22-16(23-15)12-18-10-14-6-2-4-8-20-14;4*1-4(2)3-5;4*2-1(3,4)5;;/h2*1-8,17-18H,9-12H2;4*3H,1-2H3;;;;;;/q;;;;;;4*-1;2*+4. The van der Waals surface area contributed by atoms with Gasteiger partial charge >= 0.3 is 63.2 Å². The van der Waals surface area contributed by atoms with Gasteiger partial charge < -0.3 is 110 Å². The van der Waals surface area contributed by atoms with Crippen molar-refractivity contribution in [2.24, 2.45) is 0 Å². The summed E-state index contributed by atoms with van der Waals surface area (Å²) < 4.78 is 156. The van der Waals surface area contributed by atoms with E-state index >= 15 is 0 Å². The molecule has 0 aliphatic heterocycles. The van der Waals surface area contributed by atoms with Gasteiger partial charge in [-0.1, -0.05) is 46.9 Å². The van der Waals surface area contributed by atoms with E-state index in [0.717, 1.165) is 94.6 Å². The van der Waals surface area contributed by atoms with Gasteiger partial charge in [0.15, 0.2) is 0 Å². The molecule has 0 saturated carbocycles. The molecule has 0 atom stereocenters. The van der Waals surface area contributed by atoms with Crippen LogP contribution in [0.1, 0.15) is 42.8 Å². The molecule has 0 aliphatic carbocycles. The molecule has 6 aromatic rings. The topological polar surface area (TPSA) is 232 Å². The normalized spacial score (nSPS) is 9.91. The van der Waals surface area contributed by atoms with Gasteiger partial charge in [-0.3, -0.25) is 39.1 Å². The Hall–Kier alpha value is -6.38. The first-order valence-corrected chi connectivity index (χ1v) is 25.5. The van der Waals surface area contributed by atoms with Gasteiger partial charge in [0, 0.05) is 107 Å². The van der Waals surface area contributed by atoms with Crippen molar-refractivity contribution < 1.29 is 122 Å². The molecule has 0 aromatic carbocycles. The van der Waals surface area contributed by atoms with E-state index in [0.29, 0.717) is 26.2 Å². The quantitative estimate of drug-likeness (QED) is 0.0324. The predicted molar refractivity (Wildman–Crippen MR) is 299 cm³/mol. The zero-order chi connectivity index (χ0) is 66.6. The van der Waals surface area contributed by atoms with Gasteiger partial charge in [0.25, 0.3) is 0 Å². The summed E-state index contributed by atoms with van der Waals surface area (Å²) in [4.78, 5) is 60.6. The number of carbonyl (C=O) groups is 4. The third-order valence-corrected chi connectivity index (χ3v) is 8.94. The molecule has 4 amide bonds. The van der Waals surface area contributed by atoms with Gasteiger partial charge in [-0.2, -0.15) is 0 Å². The number of pyridine rings is 4. The summed E-state index contributed by atoms with van der Waals surface area (Å²) in [6.45, 7) is 5.73. The summed E-state index contributed by atoms with van der Waals surface area (Å²) in [7, 11) is -10.5. The Morgan fingerprint density at radius 1 is 0.330 bits per heavy atom. The van der Waals surface area contributed by atoms with Gasteiger partial charge in [0.1, 0.15) is 20.0 Å². The van der Waals surface area contributed by atoms with Crippen LogP contribution in [0.15, 0.2) is 97.6 Å². The molecule has 0 saturated heterocycles. The Morgan fingerprint density at radius 3 is 0.591 bits per heavy atom. The Bertz CT molecular complexity index is 2200. The fraction of sp³-hybridized carbons (Fsp3) is 0.364. The molecular weight excluding hydrogens is 1340 g/mol. The molecule has 0 fully saturated rings. The summed E-state index contributed by atoms with van der Waals surface area (Å²) >= 11 is 3.23. The second-order valence-corrected chi connectivity index (χ2v) is 18.4. The molecule has 6 aromatic heterocycles. The van der Waals surface area contributed by atoms with Crippen molar-refractivity contribution in [1.29, 1.82) is 0 Å². The van der Waals surface area contributed by atoms with Gasteiger partial charge in [-0.15, -0.1) is 20.4 Å². The predicted octanol–water partition coefficient (Wildman–Crippen LogP) is 7.83. The second-order valence-electron chi connectivity index (χ2n) is 16.1. The van der Waals surface area contributed by atoms with E-state index in [1.165, 1.54) is 19.6 Å². The summed E-state index contributed by atoms with van der Waals surface area (Å²) in [5.74, 6) is 0. The third-order valence-electron chi connectivity index (χ3n) is 7.09. The van der Waals surface area contributed by atoms with Crippen LogP contribution in [0.5, 0.6) is 0 Å². The van der Waals surface area contributed by atoms with E-state index in [1.807, 2.05) is 72.8 Å². The summed E-state index contributed by atoms with van der Waals surface area (Å²) in [6, 6.07) is 23.6. The molecule has 0 unspecified atom stereocenters. The van der Waals surface area contributed by atoms with E-state index < -0.39 is 29.0 Å². The van der Waals surface area contributed by atoms with Crippen LogP contribution in [0.25, 0.3) is 0 Å². The second kappa shape index (κ2) is 55.9. The van der Waals surface area contributed by atoms with Crippen LogP contribution < -0.4 is 21.3 Å². The minimum Gasteiger partial charge on any atom is -0.418 e. The minimum atomic E-state index is -6.00. The number of carbonyl (C=O) groups excluding carboxylic acids is 4. The number of hydrogen-bond donors (Lipinski definition) is 4. The van der Waals surface area contributed by atoms with E-state index in [2.05, 4.69) is 61.6 Å². The number of halogens is 16. The van der Waals surface area contributed by atoms with Crippen LogP contribution >= 0.6 is 22.7 Å². The molecule has 0 aliphatic rings. The van der Waals surface area contributed by atoms with Crippen molar-refractivity contribution in [2.75, 3.05) is 56.4 Å². The van der Waals surface area contributed by atoms with Crippen molar-refractivity contribution in [1.82, 2.24) is 81.2 Å². The summed E-state index contributed by atoms with van der Waals surface area (Å²) in [5, 5.41) is 34.1. The molecule has 4 N–H and O–H groups in total. The maximum Gasteiger partial charge on any atom is 4.00 e. The van der Waals surface area contributed by atoms with Gasteiger partial charge in [-0.25, -0.2) is 0 Å². The van der Waals surface area contributed by atoms with Crippen LogP contribution in [-0.4, -0.2) is 171 Å². The van der Waals surface area contributed by atoms with Crippen molar-refractivity contribution in [3.05, 3.63) is 140 Å². The van der Waals surface area contributed by atoms with Gasteiger partial charge in [0.2, 0.25) is 25.6 Å². The number of nitrogens with one attached hydrogen (secondary N) is 4. The first kappa shape index (κ1) is 92.8. The molecule has 0 spiro atoms. The maximum absolute atomic E-state index is 9.75. The molecule has 6 rings (SSSR count).